The van der Waals surface area contributed by atoms with Gasteiger partial charge in [-0.25, -0.2) is 9.97 Å². The van der Waals surface area contributed by atoms with Crippen LogP contribution in [-0.4, -0.2) is 19.1 Å². The maximum Gasteiger partial charge on any atom is 0.262 e. The van der Waals surface area contributed by atoms with E-state index in [4.69, 9.17) is 4.98 Å². The minimum absolute atomic E-state index is 0.0924. The van der Waals surface area contributed by atoms with Gasteiger partial charge in [-0.15, -0.1) is 0 Å². The molecule has 2 heterocycles. The summed E-state index contributed by atoms with van der Waals surface area (Å²) in [7, 11) is 1.99. The first-order valence-corrected chi connectivity index (χ1v) is 9.33. The van der Waals surface area contributed by atoms with Crippen LogP contribution in [0, 0.1) is 0 Å². The van der Waals surface area contributed by atoms with Crippen LogP contribution in [0.15, 0.2) is 46.6 Å². The molecule has 24 heavy (non-hydrogen) atoms. The normalized spacial score (nSPS) is 15.4. The highest BCUT2D eigenvalue weighted by Gasteiger charge is 2.23. The minimum atomic E-state index is 0.0924. The van der Waals surface area contributed by atoms with Gasteiger partial charge in [0.15, 0.2) is 5.16 Å². The first kappa shape index (κ1) is 15.4. The molecule has 124 valence electrons. The van der Waals surface area contributed by atoms with E-state index >= 15 is 0 Å². The van der Waals surface area contributed by atoms with Crippen molar-refractivity contribution in [2.45, 2.75) is 42.6 Å². The van der Waals surface area contributed by atoms with E-state index in [1.54, 1.807) is 18.0 Å². The Labute approximate surface area is 144 Å². The summed E-state index contributed by atoms with van der Waals surface area (Å²) in [5, 5.41) is 1.53. The predicted molar refractivity (Wildman–Crippen MR) is 96.3 cm³/mol. The molecule has 3 aromatic rings. The van der Waals surface area contributed by atoms with Crippen molar-refractivity contribution >= 4 is 22.7 Å². The topological polar surface area (TPSA) is 52.7 Å². The van der Waals surface area contributed by atoms with Gasteiger partial charge in [-0.3, -0.25) is 9.36 Å². The SMILES string of the molecule is Cn1ccnc1CSc1nc2ccccc2c(=O)n1C1CCCC1. The van der Waals surface area contributed by atoms with Crippen LogP contribution in [0.2, 0.25) is 0 Å². The second-order valence-corrected chi connectivity index (χ2v) is 7.21. The zero-order valence-electron chi connectivity index (χ0n) is 13.7. The largest absolute Gasteiger partial charge is 0.337 e. The molecule has 5 nitrogen and oxygen atoms in total. The van der Waals surface area contributed by atoms with Gasteiger partial charge in [0.25, 0.3) is 5.56 Å². The van der Waals surface area contributed by atoms with E-state index in [0.29, 0.717) is 11.1 Å². The summed E-state index contributed by atoms with van der Waals surface area (Å²) < 4.78 is 3.94. The average Bonchev–Trinajstić information content (AvgIpc) is 3.25. The van der Waals surface area contributed by atoms with E-state index in [9.17, 15) is 4.79 Å². The van der Waals surface area contributed by atoms with E-state index in [1.165, 1.54) is 12.8 Å². The Kier molecular flexibility index (Phi) is 4.14. The standard InChI is InChI=1S/C18H20N4OS/c1-21-11-10-19-16(21)12-24-18-20-15-9-5-4-8-14(15)17(23)22(18)13-6-2-3-7-13/h4-5,8-11,13H,2-3,6-7,12H2,1H3. The highest BCUT2D eigenvalue weighted by Crippen LogP contribution is 2.32. The van der Waals surface area contributed by atoms with E-state index < -0.39 is 0 Å². The fourth-order valence-corrected chi connectivity index (χ4v) is 4.45. The van der Waals surface area contributed by atoms with Crippen LogP contribution in [0.1, 0.15) is 37.5 Å². The number of para-hydroxylation sites is 1. The molecule has 1 aromatic carbocycles. The molecule has 4 rings (SSSR count). The van der Waals surface area contributed by atoms with Crippen molar-refractivity contribution < 1.29 is 0 Å². The van der Waals surface area contributed by atoms with Gasteiger partial charge in [-0.2, -0.15) is 0 Å². The number of thioether (sulfide) groups is 1. The lowest BCUT2D eigenvalue weighted by atomic mass is 10.2. The van der Waals surface area contributed by atoms with Crippen LogP contribution in [0.25, 0.3) is 10.9 Å². The fourth-order valence-electron chi connectivity index (χ4n) is 3.38. The molecule has 2 aromatic heterocycles. The molecule has 1 aliphatic carbocycles. The first-order valence-electron chi connectivity index (χ1n) is 8.34. The summed E-state index contributed by atoms with van der Waals surface area (Å²) in [4.78, 5) is 22.2. The first-order chi connectivity index (χ1) is 11.7. The third-order valence-corrected chi connectivity index (χ3v) is 5.67. The molecule has 0 unspecified atom stereocenters. The van der Waals surface area contributed by atoms with Crippen molar-refractivity contribution in [3.05, 3.63) is 52.8 Å². The Morgan fingerprint density at radius 2 is 2.04 bits per heavy atom. The molecule has 6 heteroatoms. The summed E-state index contributed by atoms with van der Waals surface area (Å²) in [6.07, 6.45) is 8.24. The lowest BCUT2D eigenvalue weighted by Crippen LogP contribution is -2.26. The van der Waals surface area contributed by atoms with Crippen LogP contribution in [0.3, 0.4) is 0 Å². The van der Waals surface area contributed by atoms with E-state index in [1.807, 2.05) is 46.6 Å². The van der Waals surface area contributed by atoms with Gasteiger partial charge < -0.3 is 4.57 Å². The third-order valence-electron chi connectivity index (χ3n) is 4.72. The molecule has 0 saturated heterocycles. The third kappa shape index (κ3) is 2.75. The van der Waals surface area contributed by atoms with Gasteiger partial charge in [0.2, 0.25) is 0 Å². The monoisotopic (exact) mass is 340 g/mol. The molecule has 1 fully saturated rings. The maximum absolute atomic E-state index is 13.1. The van der Waals surface area contributed by atoms with E-state index in [0.717, 1.165) is 29.3 Å². The van der Waals surface area contributed by atoms with Gasteiger partial charge in [-0.1, -0.05) is 36.7 Å². The van der Waals surface area contributed by atoms with E-state index in [-0.39, 0.29) is 11.6 Å². The fraction of sp³-hybridized carbons (Fsp3) is 0.389. The second kappa shape index (κ2) is 6.43. The Morgan fingerprint density at radius 1 is 1.25 bits per heavy atom. The minimum Gasteiger partial charge on any atom is -0.337 e. The lowest BCUT2D eigenvalue weighted by Gasteiger charge is -2.18. The number of imidazole rings is 1. The Bertz CT molecular complexity index is 924. The summed E-state index contributed by atoms with van der Waals surface area (Å²) in [5.41, 5.74) is 0.869. The number of benzene rings is 1. The van der Waals surface area contributed by atoms with Crippen LogP contribution < -0.4 is 5.56 Å². The molecular formula is C18H20N4OS. The molecule has 0 radical (unpaired) electrons. The number of aryl methyl sites for hydroxylation is 1. The number of fused-ring (bicyclic) bond motifs is 1. The smallest absolute Gasteiger partial charge is 0.262 e. The highest BCUT2D eigenvalue weighted by atomic mass is 32.2. The number of aromatic nitrogens is 4. The maximum atomic E-state index is 13.1. The van der Waals surface area contributed by atoms with Crippen molar-refractivity contribution in [3.63, 3.8) is 0 Å². The van der Waals surface area contributed by atoms with Crippen molar-refractivity contribution in [1.82, 2.24) is 19.1 Å². The number of nitrogens with zero attached hydrogens (tertiary/aromatic N) is 4. The summed E-state index contributed by atoms with van der Waals surface area (Å²) in [6.45, 7) is 0. The molecule has 0 atom stereocenters. The molecule has 0 spiro atoms. The van der Waals surface area contributed by atoms with Crippen LogP contribution >= 0.6 is 11.8 Å². The van der Waals surface area contributed by atoms with Crippen molar-refractivity contribution in [1.29, 1.82) is 0 Å². The van der Waals surface area contributed by atoms with Crippen LogP contribution in [0.4, 0.5) is 0 Å². The summed E-state index contributed by atoms with van der Waals surface area (Å²) in [6, 6.07) is 7.91. The molecular weight excluding hydrogens is 320 g/mol. The summed E-state index contributed by atoms with van der Waals surface area (Å²) >= 11 is 1.60. The number of rotatable bonds is 4. The van der Waals surface area contributed by atoms with Crippen molar-refractivity contribution in [3.8, 4) is 0 Å². The van der Waals surface area contributed by atoms with Gasteiger partial charge in [0.1, 0.15) is 5.82 Å². The van der Waals surface area contributed by atoms with Crippen LogP contribution in [0.5, 0.6) is 0 Å². The zero-order valence-corrected chi connectivity index (χ0v) is 14.5. The van der Waals surface area contributed by atoms with Crippen molar-refractivity contribution in [2.24, 2.45) is 7.05 Å². The highest BCUT2D eigenvalue weighted by molar-refractivity contribution is 7.98. The van der Waals surface area contributed by atoms with Gasteiger partial charge in [0, 0.05) is 25.5 Å². The Morgan fingerprint density at radius 3 is 2.79 bits per heavy atom. The van der Waals surface area contributed by atoms with Crippen LogP contribution in [-0.2, 0) is 12.8 Å². The molecule has 0 bridgehead atoms. The predicted octanol–water partition coefficient (Wildman–Crippen LogP) is 3.54. The quantitative estimate of drug-likeness (QED) is 0.538. The van der Waals surface area contributed by atoms with Gasteiger partial charge >= 0.3 is 0 Å². The van der Waals surface area contributed by atoms with Crippen molar-refractivity contribution in [2.75, 3.05) is 0 Å². The molecule has 1 saturated carbocycles. The summed E-state index contributed by atoms with van der Waals surface area (Å²) in [5.74, 6) is 1.70. The molecule has 0 amide bonds. The molecule has 0 N–H and O–H groups in total. The van der Waals surface area contributed by atoms with Gasteiger partial charge in [-0.05, 0) is 25.0 Å². The molecule has 0 aliphatic heterocycles. The Balaban J connectivity index is 1.78. The zero-order chi connectivity index (χ0) is 16.5. The van der Waals surface area contributed by atoms with E-state index in [2.05, 4.69) is 4.98 Å². The molecule has 1 aliphatic rings. The number of hydrogen-bond donors (Lipinski definition) is 0. The Hall–Kier alpha value is -2.08. The lowest BCUT2D eigenvalue weighted by molar-refractivity contribution is 0.457. The number of hydrogen-bond acceptors (Lipinski definition) is 4. The second-order valence-electron chi connectivity index (χ2n) is 6.27. The van der Waals surface area contributed by atoms with Gasteiger partial charge in [0.05, 0.1) is 16.7 Å². The average molecular weight is 340 g/mol.